The van der Waals surface area contributed by atoms with Gasteiger partial charge in [-0.3, -0.25) is 8.77 Å². The number of aliphatic hydroxyl groups is 1. The molecule has 49 heavy (non-hydrogen) atoms. The summed E-state index contributed by atoms with van der Waals surface area (Å²) in [5.74, 6) is -1.76. The number of carbonyl (C=O) groups is 1. The maximum atomic E-state index is 15.0. The number of halogens is 3. The van der Waals surface area contributed by atoms with E-state index >= 15 is 0 Å². The molecule has 5 aromatic carbocycles. The fraction of sp³-hybridized carbons (Fsp3) is 0.0789. The minimum absolute atomic E-state index is 0.140. The van der Waals surface area contributed by atoms with Crippen LogP contribution in [0.25, 0.3) is 44.4 Å². The van der Waals surface area contributed by atoms with Crippen molar-refractivity contribution < 1.29 is 23.1 Å². The molecule has 1 N–H and O–H groups in total. The second kappa shape index (κ2) is 13.2. The van der Waals surface area contributed by atoms with Gasteiger partial charge in [-0.2, -0.15) is 10.5 Å². The summed E-state index contributed by atoms with van der Waals surface area (Å²) in [6.07, 6.45) is -2.64. The first-order valence-corrected chi connectivity index (χ1v) is 15.5. The summed E-state index contributed by atoms with van der Waals surface area (Å²) in [5.41, 5.74) is 2.17. The summed E-state index contributed by atoms with van der Waals surface area (Å²) >= 11 is 1.21. The van der Waals surface area contributed by atoms with Gasteiger partial charge in [0.05, 0.1) is 34.5 Å². The maximum absolute atomic E-state index is 15.0. The van der Waals surface area contributed by atoms with Crippen LogP contribution in [0.15, 0.2) is 119 Å². The molecule has 1 aromatic heterocycles. The Morgan fingerprint density at radius 2 is 1.47 bits per heavy atom. The third kappa shape index (κ3) is 6.09. The van der Waals surface area contributed by atoms with Crippen molar-refractivity contribution in [3.8, 4) is 45.6 Å². The molecule has 0 spiro atoms. The molecule has 7 nitrogen and oxygen atoms in total. The smallest absolute Gasteiger partial charge is 0.321 e. The van der Waals surface area contributed by atoms with Gasteiger partial charge in [0.2, 0.25) is 0 Å². The number of aromatic nitrogens is 1. The van der Waals surface area contributed by atoms with Gasteiger partial charge in [-0.1, -0.05) is 60.7 Å². The fourth-order valence-electron chi connectivity index (χ4n) is 5.68. The number of nitrogens with zero attached hydrogens (tertiary/aromatic N) is 4. The fourth-order valence-corrected chi connectivity index (χ4v) is 6.69. The molecule has 0 radical (unpaired) electrons. The predicted octanol–water partition coefficient (Wildman–Crippen LogP) is 9.52. The Kier molecular flexibility index (Phi) is 8.89. The van der Waals surface area contributed by atoms with Crippen LogP contribution in [-0.2, 0) is 10.4 Å². The average Bonchev–Trinajstić information content (AvgIpc) is 3.43. The number of alkyl halides is 2. The SMILES string of the molecule is CC(O)(C(=O)N=O)c1ccc(-c2cccc(-c3c(-c4c(C#N)cccc4C#N)c4cc(F)ccc4n3Sc3ccc(C(F)F)cc3)c2)cc1. The Labute approximate surface area is 282 Å². The summed E-state index contributed by atoms with van der Waals surface area (Å²) in [5, 5.41) is 33.6. The van der Waals surface area contributed by atoms with Gasteiger partial charge in [0.1, 0.15) is 5.82 Å². The first-order chi connectivity index (χ1) is 23.6. The Balaban J connectivity index is 1.61. The van der Waals surface area contributed by atoms with E-state index in [1.54, 1.807) is 54.6 Å². The summed E-state index contributed by atoms with van der Waals surface area (Å²) in [6, 6.07) is 32.8. The normalized spacial score (nSPS) is 12.3. The second-order valence-corrected chi connectivity index (χ2v) is 12.2. The summed E-state index contributed by atoms with van der Waals surface area (Å²) in [4.78, 5) is 23.3. The lowest BCUT2D eigenvalue weighted by Gasteiger charge is -2.18. The molecule has 6 rings (SSSR count). The first-order valence-electron chi connectivity index (χ1n) is 14.7. The highest BCUT2D eigenvalue weighted by Gasteiger charge is 2.33. The number of fused-ring (bicyclic) bond motifs is 1. The molecule has 6 aromatic rings. The highest BCUT2D eigenvalue weighted by molar-refractivity contribution is 7.98. The highest BCUT2D eigenvalue weighted by Crippen LogP contribution is 2.47. The molecule has 1 heterocycles. The lowest BCUT2D eigenvalue weighted by molar-refractivity contribution is -0.135. The number of amides is 1. The van der Waals surface area contributed by atoms with Gasteiger partial charge in [0, 0.05) is 37.7 Å². The van der Waals surface area contributed by atoms with Crippen molar-refractivity contribution in [2.75, 3.05) is 0 Å². The Morgan fingerprint density at radius 1 is 0.837 bits per heavy atom. The Hall–Kier alpha value is -6.01. The molecule has 1 amide bonds. The molecule has 0 aliphatic heterocycles. The van der Waals surface area contributed by atoms with Gasteiger partial charge >= 0.3 is 5.91 Å². The van der Waals surface area contributed by atoms with Crippen molar-refractivity contribution in [1.82, 2.24) is 3.97 Å². The predicted molar refractivity (Wildman–Crippen MR) is 181 cm³/mol. The van der Waals surface area contributed by atoms with Crippen molar-refractivity contribution >= 4 is 28.8 Å². The molecule has 0 saturated carbocycles. The first kappa shape index (κ1) is 32.9. The number of nitroso groups, excluding NO2 is 1. The number of nitriles is 2. The van der Waals surface area contributed by atoms with Crippen LogP contribution in [-0.4, -0.2) is 15.0 Å². The van der Waals surface area contributed by atoms with Gasteiger partial charge in [-0.15, -0.1) is 4.91 Å². The minimum Gasteiger partial charge on any atom is -0.375 e. The van der Waals surface area contributed by atoms with Crippen molar-refractivity contribution in [2.45, 2.75) is 23.8 Å². The largest absolute Gasteiger partial charge is 0.375 e. The monoisotopic (exact) mass is 672 g/mol. The molecule has 240 valence electrons. The van der Waals surface area contributed by atoms with E-state index in [0.717, 1.165) is 0 Å². The van der Waals surface area contributed by atoms with Crippen molar-refractivity contribution in [2.24, 2.45) is 5.18 Å². The molecule has 1 unspecified atom stereocenters. The minimum atomic E-state index is -2.64. The molecule has 0 aliphatic carbocycles. The summed E-state index contributed by atoms with van der Waals surface area (Å²) in [6.45, 7) is 1.18. The van der Waals surface area contributed by atoms with Crippen LogP contribution in [0.3, 0.4) is 0 Å². The van der Waals surface area contributed by atoms with Crippen LogP contribution in [0.2, 0.25) is 0 Å². The van der Waals surface area contributed by atoms with Crippen LogP contribution < -0.4 is 0 Å². The van der Waals surface area contributed by atoms with E-state index in [9.17, 15) is 38.5 Å². The number of carbonyl (C=O) groups excluding carboxylic acids is 1. The molecule has 0 fully saturated rings. The highest BCUT2D eigenvalue weighted by atomic mass is 32.2. The van der Waals surface area contributed by atoms with Gasteiger partial charge in [0.25, 0.3) is 6.43 Å². The van der Waals surface area contributed by atoms with Gasteiger partial charge in [0.15, 0.2) is 5.60 Å². The zero-order valence-corrected chi connectivity index (χ0v) is 26.4. The quantitative estimate of drug-likeness (QED) is 0.161. The van der Waals surface area contributed by atoms with E-state index in [0.29, 0.717) is 49.3 Å². The van der Waals surface area contributed by atoms with Gasteiger partial charge in [-0.25, -0.2) is 13.2 Å². The molecule has 11 heteroatoms. The zero-order chi connectivity index (χ0) is 34.9. The second-order valence-electron chi connectivity index (χ2n) is 11.2. The van der Waals surface area contributed by atoms with Crippen LogP contribution in [0, 0.1) is 33.4 Å². The van der Waals surface area contributed by atoms with Crippen molar-refractivity contribution in [3.05, 3.63) is 142 Å². The average molecular weight is 673 g/mol. The number of benzene rings is 5. The van der Waals surface area contributed by atoms with E-state index in [1.165, 1.54) is 55.3 Å². The van der Waals surface area contributed by atoms with Crippen LogP contribution in [0.5, 0.6) is 0 Å². The van der Waals surface area contributed by atoms with E-state index in [1.807, 2.05) is 22.2 Å². The van der Waals surface area contributed by atoms with Gasteiger partial charge in [-0.05, 0) is 84.1 Å². The standard InChI is InChI=1S/C38H23F3N4O3S/c1-38(47,37(46)44-48)28-12-8-22(9-13-28)24-4-2-5-25(18-24)35-34(33-26(20-42)6-3-7-27(33)21-43)31-19-29(39)14-17-32(31)45(35)49-30-15-10-23(11-16-30)36(40)41/h2-19,36,47H,1H3. The van der Waals surface area contributed by atoms with E-state index in [2.05, 4.69) is 17.3 Å². The van der Waals surface area contributed by atoms with Crippen LogP contribution in [0.1, 0.15) is 35.6 Å². The third-order valence-corrected chi connectivity index (χ3v) is 9.23. The summed E-state index contributed by atoms with van der Waals surface area (Å²) in [7, 11) is 0. The van der Waals surface area contributed by atoms with E-state index in [-0.39, 0.29) is 22.3 Å². The lowest BCUT2D eigenvalue weighted by atomic mass is 9.90. The Morgan fingerprint density at radius 3 is 2.08 bits per heavy atom. The molecule has 1 atom stereocenters. The van der Waals surface area contributed by atoms with E-state index < -0.39 is 23.8 Å². The van der Waals surface area contributed by atoms with Crippen molar-refractivity contribution in [3.63, 3.8) is 0 Å². The van der Waals surface area contributed by atoms with Crippen molar-refractivity contribution in [1.29, 1.82) is 10.5 Å². The van der Waals surface area contributed by atoms with Crippen LogP contribution in [0.4, 0.5) is 13.2 Å². The van der Waals surface area contributed by atoms with Crippen LogP contribution >= 0.6 is 11.9 Å². The molecular weight excluding hydrogens is 650 g/mol. The summed E-state index contributed by atoms with van der Waals surface area (Å²) < 4.78 is 43.5. The number of rotatable bonds is 8. The topological polar surface area (TPSA) is 119 Å². The maximum Gasteiger partial charge on any atom is 0.321 e. The zero-order valence-electron chi connectivity index (χ0n) is 25.6. The third-order valence-electron chi connectivity index (χ3n) is 8.19. The van der Waals surface area contributed by atoms with Gasteiger partial charge < -0.3 is 5.11 Å². The van der Waals surface area contributed by atoms with E-state index in [4.69, 9.17) is 0 Å². The number of hydrogen-bond donors (Lipinski definition) is 1. The molecule has 0 saturated heterocycles. The molecular formula is C38H23F3N4O3S. The molecule has 0 bridgehead atoms. The lowest BCUT2D eigenvalue weighted by Crippen LogP contribution is -2.30. The Bertz CT molecular complexity index is 2310. The number of hydrogen-bond acceptors (Lipinski definition) is 6. The molecule has 0 aliphatic rings.